The van der Waals surface area contributed by atoms with E-state index in [4.69, 9.17) is 8.83 Å². The molecule has 1 amide bonds. The van der Waals surface area contributed by atoms with Gasteiger partial charge in [0, 0.05) is 6.54 Å². The SMILES string of the molecule is Cc1occc1-c1nnc(SCC(=O)NCC23CC4CC(CC(C4)C2)C3)o1. The minimum absolute atomic E-state index is 0.0509. The Morgan fingerprint density at radius 1 is 1.22 bits per heavy atom. The van der Waals surface area contributed by atoms with Crippen molar-refractivity contribution in [3.8, 4) is 11.5 Å². The van der Waals surface area contributed by atoms with Crippen LogP contribution >= 0.6 is 11.8 Å². The smallest absolute Gasteiger partial charge is 0.277 e. The maximum absolute atomic E-state index is 12.4. The normalized spacial score (nSPS) is 31.4. The average molecular weight is 388 g/mol. The van der Waals surface area contributed by atoms with Crippen LogP contribution in [0.5, 0.6) is 0 Å². The van der Waals surface area contributed by atoms with E-state index in [9.17, 15) is 4.79 Å². The number of aromatic nitrogens is 2. The van der Waals surface area contributed by atoms with Crippen LogP contribution in [0.3, 0.4) is 0 Å². The third-order valence-corrected chi connectivity index (χ3v) is 7.47. The second-order valence-electron chi connectivity index (χ2n) is 8.75. The summed E-state index contributed by atoms with van der Waals surface area (Å²) in [5.74, 6) is 4.25. The Bertz CT molecular complexity index is 808. The number of nitrogens with one attached hydrogen (secondary N) is 1. The first kappa shape index (κ1) is 17.3. The van der Waals surface area contributed by atoms with Crippen molar-refractivity contribution < 1.29 is 13.6 Å². The van der Waals surface area contributed by atoms with E-state index in [1.54, 1.807) is 12.3 Å². The maximum atomic E-state index is 12.4. The highest BCUT2D eigenvalue weighted by atomic mass is 32.2. The van der Waals surface area contributed by atoms with E-state index in [0.29, 0.717) is 22.3 Å². The van der Waals surface area contributed by atoms with Gasteiger partial charge in [-0.1, -0.05) is 11.8 Å². The van der Waals surface area contributed by atoms with Gasteiger partial charge in [0.1, 0.15) is 5.76 Å². The van der Waals surface area contributed by atoms with E-state index in [1.807, 2.05) is 6.92 Å². The topological polar surface area (TPSA) is 81.2 Å². The number of amides is 1. The lowest BCUT2D eigenvalue weighted by atomic mass is 9.49. The van der Waals surface area contributed by atoms with E-state index >= 15 is 0 Å². The minimum atomic E-state index is 0.0509. The van der Waals surface area contributed by atoms with Gasteiger partial charge in [0.25, 0.3) is 11.1 Å². The summed E-state index contributed by atoms with van der Waals surface area (Å²) in [5.41, 5.74) is 1.16. The molecular weight excluding hydrogens is 362 g/mol. The molecule has 0 radical (unpaired) electrons. The number of furan rings is 1. The fraction of sp³-hybridized carbons (Fsp3) is 0.650. The second kappa shape index (κ2) is 6.69. The number of hydrogen-bond donors (Lipinski definition) is 1. The Kier molecular flexibility index (Phi) is 4.30. The molecule has 27 heavy (non-hydrogen) atoms. The van der Waals surface area contributed by atoms with E-state index in [-0.39, 0.29) is 5.91 Å². The molecule has 4 fully saturated rings. The third-order valence-electron chi connectivity index (χ3n) is 6.65. The number of hydrogen-bond acceptors (Lipinski definition) is 6. The standard InChI is InChI=1S/C20H25N3O3S/c1-12-16(2-3-25-12)18-22-23-19(26-18)27-10-17(24)21-11-20-7-13-4-14(8-20)6-15(5-13)9-20/h2-3,13-15H,4-11H2,1H3,(H,21,24). The predicted octanol–water partition coefficient (Wildman–Crippen LogP) is 4.06. The summed E-state index contributed by atoms with van der Waals surface area (Å²) in [7, 11) is 0. The molecule has 0 saturated heterocycles. The number of thioether (sulfide) groups is 1. The summed E-state index contributed by atoms with van der Waals surface area (Å²) in [6, 6.07) is 1.80. The number of carbonyl (C=O) groups is 1. The molecule has 2 aromatic rings. The van der Waals surface area contributed by atoms with Gasteiger partial charge in [0.15, 0.2) is 0 Å². The Labute approximate surface area is 162 Å². The monoisotopic (exact) mass is 387 g/mol. The van der Waals surface area contributed by atoms with Gasteiger partial charge in [0.05, 0.1) is 17.6 Å². The first-order valence-electron chi connectivity index (χ1n) is 9.86. The second-order valence-corrected chi connectivity index (χ2v) is 9.67. The maximum Gasteiger partial charge on any atom is 0.277 e. The van der Waals surface area contributed by atoms with Crippen molar-refractivity contribution >= 4 is 17.7 Å². The fourth-order valence-corrected chi connectivity index (χ4v) is 6.55. The molecule has 7 heteroatoms. The van der Waals surface area contributed by atoms with Crippen molar-refractivity contribution in [2.24, 2.45) is 23.2 Å². The molecule has 0 aromatic carbocycles. The molecule has 4 aliphatic rings. The van der Waals surface area contributed by atoms with E-state index < -0.39 is 0 Å². The van der Waals surface area contributed by atoms with Crippen LogP contribution in [-0.4, -0.2) is 28.4 Å². The van der Waals surface area contributed by atoms with Crippen LogP contribution in [0, 0.1) is 30.1 Å². The average Bonchev–Trinajstić information content (AvgIpc) is 3.25. The summed E-state index contributed by atoms with van der Waals surface area (Å²) in [5, 5.41) is 11.7. The predicted molar refractivity (Wildman–Crippen MR) is 101 cm³/mol. The van der Waals surface area contributed by atoms with Gasteiger partial charge >= 0.3 is 0 Å². The van der Waals surface area contributed by atoms with Gasteiger partial charge in [-0.2, -0.15) is 0 Å². The van der Waals surface area contributed by atoms with Crippen molar-refractivity contribution in [3.05, 3.63) is 18.1 Å². The zero-order chi connectivity index (χ0) is 18.4. The molecule has 6 nitrogen and oxygen atoms in total. The van der Waals surface area contributed by atoms with Gasteiger partial charge in [-0.25, -0.2) is 0 Å². The number of carbonyl (C=O) groups excluding carboxylic acids is 1. The molecule has 2 heterocycles. The summed E-state index contributed by atoms with van der Waals surface area (Å²) in [6.07, 6.45) is 9.81. The highest BCUT2D eigenvalue weighted by molar-refractivity contribution is 7.99. The molecule has 4 bridgehead atoms. The van der Waals surface area contributed by atoms with Crippen molar-refractivity contribution in [2.75, 3.05) is 12.3 Å². The number of rotatable bonds is 6. The van der Waals surface area contributed by atoms with Crippen molar-refractivity contribution in [1.29, 1.82) is 0 Å². The summed E-state index contributed by atoms with van der Waals surface area (Å²) >= 11 is 1.29. The van der Waals surface area contributed by atoms with Crippen LogP contribution in [0.2, 0.25) is 0 Å². The summed E-state index contributed by atoms with van der Waals surface area (Å²) in [6.45, 7) is 2.68. The molecule has 2 aromatic heterocycles. The Morgan fingerprint density at radius 2 is 1.93 bits per heavy atom. The van der Waals surface area contributed by atoms with Crippen LogP contribution in [0.1, 0.15) is 44.3 Å². The zero-order valence-corrected chi connectivity index (χ0v) is 16.4. The van der Waals surface area contributed by atoms with Crippen molar-refractivity contribution in [3.63, 3.8) is 0 Å². The molecule has 4 saturated carbocycles. The third kappa shape index (κ3) is 3.42. The van der Waals surface area contributed by atoms with E-state index in [2.05, 4.69) is 15.5 Å². The zero-order valence-electron chi connectivity index (χ0n) is 15.6. The molecule has 0 aliphatic heterocycles. The molecule has 0 spiro atoms. The van der Waals surface area contributed by atoms with Crippen molar-refractivity contribution in [1.82, 2.24) is 15.5 Å². The van der Waals surface area contributed by atoms with E-state index in [0.717, 1.165) is 35.6 Å². The first-order valence-corrected chi connectivity index (χ1v) is 10.8. The lowest BCUT2D eigenvalue weighted by molar-refractivity contribution is -0.120. The lowest BCUT2D eigenvalue weighted by Gasteiger charge is -2.56. The van der Waals surface area contributed by atoms with Gasteiger partial charge in [0.2, 0.25) is 5.91 Å². The molecule has 6 rings (SSSR count). The number of nitrogens with zero attached hydrogens (tertiary/aromatic N) is 2. The van der Waals surface area contributed by atoms with Crippen LogP contribution in [0.4, 0.5) is 0 Å². The summed E-state index contributed by atoms with van der Waals surface area (Å²) in [4.78, 5) is 12.4. The Morgan fingerprint density at radius 3 is 2.56 bits per heavy atom. The van der Waals surface area contributed by atoms with Gasteiger partial charge in [-0.05, 0) is 74.7 Å². The number of aryl methyl sites for hydroxylation is 1. The van der Waals surface area contributed by atoms with Crippen LogP contribution in [-0.2, 0) is 4.79 Å². The van der Waals surface area contributed by atoms with Crippen LogP contribution < -0.4 is 5.32 Å². The van der Waals surface area contributed by atoms with Gasteiger partial charge in [-0.15, -0.1) is 10.2 Å². The Balaban J connectivity index is 1.13. The van der Waals surface area contributed by atoms with Crippen LogP contribution in [0.15, 0.2) is 26.4 Å². The largest absolute Gasteiger partial charge is 0.469 e. The molecule has 1 N–H and O–H groups in total. The van der Waals surface area contributed by atoms with Gasteiger partial charge < -0.3 is 14.2 Å². The minimum Gasteiger partial charge on any atom is -0.469 e. The van der Waals surface area contributed by atoms with Crippen LogP contribution in [0.25, 0.3) is 11.5 Å². The first-order chi connectivity index (χ1) is 13.1. The molecule has 0 unspecified atom stereocenters. The molecular formula is C20H25N3O3S. The highest BCUT2D eigenvalue weighted by Gasteiger charge is 2.50. The highest BCUT2D eigenvalue weighted by Crippen LogP contribution is 2.59. The van der Waals surface area contributed by atoms with E-state index in [1.165, 1.54) is 50.3 Å². The molecule has 4 aliphatic carbocycles. The van der Waals surface area contributed by atoms with Gasteiger partial charge in [-0.3, -0.25) is 4.79 Å². The molecule has 144 valence electrons. The lowest BCUT2D eigenvalue weighted by Crippen LogP contribution is -2.51. The quantitative estimate of drug-likeness (QED) is 0.753. The molecule has 0 atom stereocenters. The summed E-state index contributed by atoms with van der Waals surface area (Å²) < 4.78 is 10.9. The Hall–Kier alpha value is -1.76. The fourth-order valence-electron chi connectivity index (χ4n) is 5.95. The van der Waals surface area contributed by atoms with Crippen molar-refractivity contribution in [2.45, 2.75) is 50.7 Å².